The highest BCUT2D eigenvalue weighted by Crippen LogP contribution is 2.22. The zero-order valence-corrected chi connectivity index (χ0v) is 16.5. The number of hydrogen-bond donors (Lipinski definition) is 2. The number of aromatic nitrogens is 1. The summed E-state index contributed by atoms with van der Waals surface area (Å²) in [7, 11) is 0. The molecule has 0 radical (unpaired) electrons. The highest BCUT2D eigenvalue weighted by Gasteiger charge is 2.14. The molecular formula is C20H22ClN3O4. The van der Waals surface area contributed by atoms with Crippen molar-refractivity contribution in [1.82, 2.24) is 10.3 Å². The van der Waals surface area contributed by atoms with Gasteiger partial charge in [0.05, 0.1) is 0 Å². The summed E-state index contributed by atoms with van der Waals surface area (Å²) in [6.45, 7) is 3.18. The Morgan fingerprint density at radius 2 is 1.79 bits per heavy atom. The normalized spacial score (nSPS) is 10.2. The van der Waals surface area contributed by atoms with Gasteiger partial charge in [-0.05, 0) is 36.1 Å². The molecule has 1 aromatic carbocycles. The number of benzene rings is 1. The second kappa shape index (κ2) is 10.4. The van der Waals surface area contributed by atoms with Gasteiger partial charge in [-0.25, -0.2) is 0 Å². The van der Waals surface area contributed by atoms with Crippen LogP contribution < -0.4 is 10.6 Å². The lowest BCUT2D eigenvalue weighted by Gasteiger charge is -2.14. The van der Waals surface area contributed by atoms with Gasteiger partial charge in [-0.15, -0.1) is 0 Å². The number of rotatable bonds is 8. The molecule has 0 atom stereocenters. The summed E-state index contributed by atoms with van der Waals surface area (Å²) in [6.07, 6.45) is 2.93. The number of esters is 1. The molecule has 0 bridgehead atoms. The minimum Gasteiger partial charge on any atom is -0.454 e. The molecule has 2 rings (SSSR count). The fourth-order valence-electron chi connectivity index (χ4n) is 2.55. The molecule has 1 aromatic heterocycles. The molecule has 2 amide bonds. The smallest absolute Gasteiger partial charge is 0.325 e. The van der Waals surface area contributed by atoms with Gasteiger partial charge in [-0.1, -0.05) is 43.6 Å². The van der Waals surface area contributed by atoms with E-state index >= 15 is 0 Å². The number of carbonyl (C=O) groups excluding carboxylic acids is 3. The summed E-state index contributed by atoms with van der Waals surface area (Å²) in [5.74, 6) is -1.73. The zero-order valence-electron chi connectivity index (χ0n) is 15.8. The monoisotopic (exact) mass is 403 g/mol. The van der Waals surface area contributed by atoms with Crippen molar-refractivity contribution in [2.24, 2.45) is 0 Å². The number of pyridine rings is 1. The molecule has 7 nitrogen and oxygen atoms in total. The molecule has 0 saturated carbocycles. The SMILES string of the molecule is CCc1cccc(CC)c1NC(=O)COC(=O)CNC(=O)c1cc(Cl)ccn1. The number of aryl methyl sites for hydroxylation is 2. The molecule has 8 heteroatoms. The van der Waals surface area contributed by atoms with Crippen molar-refractivity contribution < 1.29 is 19.1 Å². The van der Waals surface area contributed by atoms with Crippen molar-refractivity contribution in [1.29, 1.82) is 0 Å². The molecule has 28 heavy (non-hydrogen) atoms. The number of anilines is 1. The van der Waals surface area contributed by atoms with E-state index in [1.54, 1.807) is 0 Å². The number of ether oxygens (including phenoxy) is 1. The standard InChI is InChI=1S/C20H22ClN3O4/c1-3-13-6-5-7-14(4-2)19(13)24-17(25)12-28-18(26)11-23-20(27)16-10-15(21)8-9-22-16/h5-10H,3-4,11-12H2,1-2H3,(H,23,27)(H,24,25). The first-order valence-electron chi connectivity index (χ1n) is 8.90. The molecule has 1 heterocycles. The summed E-state index contributed by atoms with van der Waals surface area (Å²) in [4.78, 5) is 39.7. The van der Waals surface area contributed by atoms with Crippen LogP contribution in [0, 0.1) is 0 Å². The third kappa shape index (κ3) is 6.06. The molecule has 2 aromatic rings. The van der Waals surface area contributed by atoms with Crippen LogP contribution in [0.2, 0.25) is 5.02 Å². The van der Waals surface area contributed by atoms with E-state index in [-0.39, 0.29) is 12.2 Å². The van der Waals surface area contributed by atoms with Crippen molar-refractivity contribution in [2.45, 2.75) is 26.7 Å². The van der Waals surface area contributed by atoms with Crippen molar-refractivity contribution in [3.05, 3.63) is 58.4 Å². The van der Waals surface area contributed by atoms with Crippen LogP contribution in [0.4, 0.5) is 5.69 Å². The minimum atomic E-state index is -0.731. The van der Waals surface area contributed by atoms with Gasteiger partial charge >= 0.3 is 5.97 Å². The molecular weight excluding hydrogens is 382 g/mol. The van der Waals surface area contributed by atoms with Crippen LogP contribution in [0.25, 0.3) is 0 Å². The second-order valence-corrected chi connectivity index (χ2v) is 6.35. The number of halogens is 1. The largest absolute Gasteiger partial charge is 0.454 e. The first-order chi connectivity index (χ1) is 13.4. The first-order valence-corrected chi connectivity index (χ1v) is 9.28. The molecule has 0 aliphatic heterocycles. The van der Waals surface area contributed by atoms with E-state index in [1.807, 2.05) is 32.0 Å². The van der Waals surface area contributed by atoms with Gasteiger partial charge in [-0.3, -0.25) is 19.4 Å². The van der Waals surface area contributed by atoms with E-state index in [9.17, 15) is 14.4 Å². The zero-order chi connectivity index (χ0) is 20.5. The molecule has 0 spiro atoms. The highest BCUT2D eigenvalue weighted by molar-refractivity contribution is 6.30. The van der Waals surface area contributed by atoms with E-state index in [0.717, 1.165) is 29.7 Å². The first kappa shape index (κ1) is 21.4. The Labute approximate surface area is 168 Å². The maximum absolute atomic E-state index is 12.1. The Bertz CT molecular complexity index is 848. The van der Waals surface area contributed by atoms with Crippen LogP contribution in [0.15, 0.2) is 36.5 Å². The van der Waals surface area contributed by atoms with Gasteiger partial charge in [0, 0.05) is 16.9 Å². The van der Waals surface area contributed by atoms with Crippen LogP contribution in [0.1, 0.15) is 35.5 Å². The maximum Gasteiger partial charge on any atom is 0.325 e. The summed E-state index contributed by atoms with van der Waals surface area (Å²) >= 11 is 5.79. The average Bonchev–Trinajstić information content (AvgIpc) is 2.70. The van der Waals surface area contributed by atoms with Crippen molar-refractivity contribution in [3.8, 4) is 0 Å². The summed E-state index contributed by atoms with van der Waals surface area (Å²) < 4.78 is 4.92. The Morgan fingerprint density at radius 3 is 2.39 bits per heavy atom. The number of hydrogen-bond acceptors (Lipinski definition) is 5. The lowest BCUT2D eigenvalue weighted by Crippen LogP contribution is -2.32. The number of para-hydroxylation sites is 1. The Hall–Kier alpha value is -2.93. The van der Waals surface area contributed by atoms with E-state index in [2.05, 4.69) is 15.6 Å². The number of amides is 2. The quantitative estimate of drug-likeness (QED) is 0.660. The van der Waals surface area contributed by atoms with Crippen LogP contribution >= 0.6 is 11.6 Å². The summed E-state index contributed by atoms with van der Waals surface area (Å²) in [5.41, 5.74) is 2.87. The molecule has 0 unspecified atom stereocenters. The molecule has 0 saturated heterocycles. The van der Waals surface area contributed by atoms with Crippen LogP contribution in [-0.2, 0) is 27.2 Å². The van der Waals surface area contributed by atoms with Crippen LogP contribution in [-0.4, -0.2) is 35.9 Å². The number of carbonyl (C=O) groups is 3. The third-order valence-corrected chi connectivity index (χ3v) is 4.21. The van der Waals surface area contributed by atoms with Gasteiger partial charge in [0.2, 0.25) is 0 Å². The predicted octanol–water partition coefficient (Wildman–Crippen LogP) is 2.77. The van der Waals surface area contributed by atoms with Gasteiger partial charge in [0.25, 0.3) is 11.8 Å². The molecule has 0 aliphatic rings. The second-order valence-electron chi connectivity index (χ2n) is 5.91. The van der Waals surface area contributed by atoms with E-state index in [4.69, 9.17) is 16.3 Å². The summed E-state index contributed by atoms with van der Waals surface area (Å²) in [6, 6.07) is 8.75. The topological polar surface area (TPSA) is 97.4 Å². The third-order valence-electron chi connectivity index (χ3n) is 3.98. The molecule has 148 valence electrons. The predicted molar refractivity (Wildman–Crippen MR) is 106 cm³/mol. The van der Waals surface area contributed by atoms with Gasteiger partial charge < -0.3 is 15.4 Å². The number of nitrogens with zero attached hydrogens (tertiary/aromatic N) is 1. The minimum absolute atomic E-state index is 0.0845. The van der Waals surface area contributed by atoms with Crippen molar-refractivity contribution in [3.63, 3.8) is 0 Å². The van der Waals surface area contributed by atoms with Gasteiger partial charge in [0.1, 0.15) is 12.2 Å². The fourth-order valence-corrected chi connectivity index (χ4v) is 2.71. The Kier molecular flexibility index (Phi) is 7.95. The maximum atomic E-state index is 12.1. The lowest BCUT2D eigenvalue weighted by atomic mass is 10.0. The van der Waals surface area contributed by atoms with Crippen LogP contribution in [0.5, 0.6) is 0 Å². The van der Waals surface area contributed by atoms with Gasteiger partial charge in [0.15, 0.2) is 6.61 Å². The summed E-state index contributed by atoms with van der Waals surface area (Å²) in [5, 5.41) is 5.53. The van der Waals surface area contributed by atoms with Gasteiger partial charge in [-0.2, -0.15) is 0 Å². The van der Waals surface area contributed by atoms with Crippen molar-refractivity contribution in [2.75, 3.05) is 18.5 Å². The molecule has 2 N–H and O–H groups in total. The van der Waals surface area contributed by atoms with E-state index < -0.39 is 24.4 Å². The van der Waals surface area contributed by atoms with E-state index in [0.29, 0.717) is 5.02 Å². The highest BCUT2D eigenvalue weighted by atomic mass is 35.5. The lowest BCUT2D eigenvalue weighted by molar-refractivity contribution is -0.146. The molecule has 0 aliphatic carbocycles. The molecule has 0 fully saturated rings. The Balaban J connectivity index is 1.83. The van der Waals surface area contributed by atoms with E-state index in [1.165, 1.54) is 18.3 Å². The van der Waals surface area contributed by atoms with Crippen molar-refractivity contribution >= 4 is 35.1 Å². The average molecular weight is 404 g/mol. The number of nitrogens with one attached hydrogen (secondary N) is 2. The fraction of sp³-hybridized carbons (Fsp3) is 0.300. The van der Waals surface area contributed by atoms with Crippen LogP contribution in [0.3, 0.4) is 0 Å². The Morgan fingerprint density at radius 1 is 1.11 bits per heavy atom.